The molecule has 0 radical (unpaired) electrons. The molecule has 0 spiro atoms. The first-order chi connectivity index (χ1) is 9.24. The summed E-state index contributed by atoms with van der Waals surface area (Å²) in [5, 5.41) is 4.77. The summed E-state index contributed by atoms with van der Waals surface area (Å²) in [7, 11) is 0. The molecule has 3 atom stereocenters. The van der Waals surface area contributed by atoms with Crippen molar-refractivity contribution in [2.24, 2.45) is 17.6 Å². The highest BCUT2D eigenvalue weighted by molar-refractivity contribution is 5.04. The number of hydrogen-bond acceptors (Lipinski definition) is 2. The summed E-state index contributed by atoms with van der Waals surface area (Å²) >= 11 is 0. The van der Waals surface area contributed by atoms with E-state index in [1.54, 1.807) is 0 Å². The van der Waals surface area contributed by atoms with Crippen molar-refractivity contribution in [3.05, 3.63) is 18.0 Å². The minimum atomic E-state index is 0.296. The molecule has 0 bridgehead atoms. The van der Waals surface area contributed by atoms with Gasteiger partial charge in [-0.05, 0) is 37.2 Å². The molecular weight excluding hydrogens is 234 g/mol. The predicted molar refractivity (Wildman–Crippen MR) is 77.9 cm³/mol. The van der Waals surface area contributed by atoms with E-state index in [1.807, 2.05) is 0 Å². The number of nitrogens with zero attached hydrogens (tertiary/aromatic N) is 2. The third-order valence-corrected chi connectivity index (χ3v) is 5.28. The quantitative estimate of drug-likeness (QED) is 0.903. The van der Waals surface area contributed by atoms with Crippen LogP contribution in [0.2, 0.25) is 0 Å². The van der Waals surface area contributed by atoms with Gasteiger partial charge < -0.3 is 5.73 Å². The van der Waals surface area contributed by atoms with Crippen LogP contribution in [0.4, 0.5) is 0 Å². The van der Waals surface area contributed by atoms with Crippen LogP contribution < -0.4 is 5.73 Å². The molecule has 2 aliphatic carbocycles. The molecule has 19 heavy (non-hydrogen) atoms. The Balaban J connectivity index is 1.60. The van der Waals surface area contributed by atoms with Crippen molar-refractivity contribution in [2.75, 3.05) is 0 Å². The Bertz CT molecular complexity index is 406. The van der Waals surface area contributed by atoms with Gasteiger partial charge in [-0.25, -0.2) is 0 Å². The van der Waals surface area contributed by atoms with Gasteiger partial charge in [0.25, 0.3) is 0 Å². The Morgan fingerprint density at radius 3 is 2.74 bits per heavy atom. The van der Waals surface area contributed by atoms with Crippen molar-refractivity contribution in [3.63, 3.8) is 0 Å². The number of aromatic nitrogens is 2. The van der Waals surface area contributed by atoms with Gasteiger partial charge in [-0.3, -0.25) is 4.68 Å². The van der Waals surface area contributed by atoms with E-state index in [-0.39, 0.29) is 0 Å². The SMILES string of the molecule is CC1CCCC1C(N)Cc1ccn(C2CCCC2)n1. The standard InChI is InChI=1S/C16H27N3/c1-12-5-4-8-15(12)16(17)11-13-9-10-19(18-13)14-6-2-3-7-14/h9-10,12,14-16H,2-8,11,17H2,1H3. The Kier molecular flexibility index (Phi) is 3.92. The van der Waals surface area contributed by atoms with E-state index in [2.05, 4.69) is 23.9 Å². The van der Waals surface area contributed by atoms with Gasteiger partial charge in [0.1, 0.15) is 0 Å². The van der Waals surface area contributed by atoms with E-state index in [9.17, 15) is 0 Å². The molecule has 3 unspecified atom stereocenters. The molecule has 1 aromatic rings. The van der Waals surface area contributed by atoms with Gasteiger partial charge in [0.2, 0.25) is 0 Å². The van der Waals surface area contributed by atoms with Crippen LogP contribution in [0.3, 0.4) is 0 Å². The fraction of sp³-hybridized carbons (Fsp3) is 0.812. The lowest BCUT2D eigenvalue weighted by Crippen LogP contribution is -2.33. The molecule has 0 saturated heterocycles. The van der Waals surface area contributed by atoms with Crippen LogP contribution in [0.25, 0.3) is 0 Å². The Morgan fingerprint density at radius 1 is 1.26 bits per heavy atom. The summed E-state index contributed by atoms with van der Waals surface area (Å²) in [6.07, 6.45) is 12.5. The van der Waals surface area contributed by atoms with E-state index in [0.29, 0.717) is 18.0 Å². The molecule has 0 aliphatic heterocycles. The first-order valence-electron chi connectivity index (χ1n) is 8.03. The fourth-order valence-electron chi connectivity index (χ4n) is 4.06. The second-order valence-corrected chi connectivity index (χ2v) is 6.67. The Morgan fingerprint density at radius 2 is 2.05 bits per heavy atom. The second-order valence-electron chi connectivity index (χ2n) is 6.67. The maximum atomic E-state index is 6.41. The maximum Gasteiger partial charge on any atom is 0.0640 e. The summed E-state index contributed by atoms with van der Waals surface area (Å²) < 4.78 is 2.19. The zero-order valence-electron chi connectivity index (χ0n) is 12.1. The van der Waals surface area contributed by atoms with Gasteiger partial charge in [-0.2, -0.15) is 5.10 Å². The van der Waals surface area contributed by atoms with Crippen LogP contribution in [-0.4, -0.2) is 15.8 Å². The molecule has 2 aliphatic rings. The van der Waals surface area contributed by atoms with Crippen LogP contribution in [0.5, 0.6) is 0 Å². The van der Waals surface area contributed by atoms with Crippen LogP contribution in [0, 0.1) is 11.8 Å². The predicted octanol–water partition coefficient (Wildman–Crippen LogP) is 3.30. The fourth-order valence-corrected chi connectivity index (χ4v) is 4.06. The number of hydrogen-bond donors (Lipinski definition) is 1. The van der Waals surface area contributed by atoms with Crippen LogP contribution in [0.1, 0.15) is 63.6 Å². The average Bonchev–Trinajstić information content (AvgIpc) is 3.07. The molecule has 0 amide bonds. The van der Waals surface area contributed by atoms with Crippen molar-refractivity contribution < 1.29 is 0 Å². The number of nitrogens with two attached hydrogens (primary N) is 1. The van der Waals surface area contributed by atoms with E-state index >= 15 is 0 Å². The van der Waals surface area contributed by atoms with Gasteiger partial charge in [0.05, 0.1) is 11.7 Å². The zero-order chi connectivity index (χ0) is 13.2. The van der Waals surface area contributed by atoms with Crippen LogP contribution in [0.15, 0.2) is 12.3 Å². The molecule has 3 nitrogen and oxygen atoms in total. The molecule has 3 heteroatoms. The normalized spacial score (nSPS) is 30.0. The summed E-state index contributed by atoms with van der Waals surface area (Å²) in [6, 6.07) is 3.12. The highest BCUT2D eigenvalue weighted by Crippen LogP contribution is 2.34. The molecular formula is C16H27N3. The van der Waals surface area contributed by atoms with Gasteiger partial charge >= 0.3 is 0 Å². The van der Waals surface area contributed by atoms with E-state index in [4.69, 9.17) is 10.8 Å². The van der Waals surface area contributed by atoms with E-state index < -0.39 is 0 Å². The highest BCUT2D eigenvalue weighted by Gasteiger charge is 2.29. The molecule has 2 fully saturated rings. The van der Waals surface area contributed by atoms with Gasteiger partial charge in [0, 0.05) is 18.7 Å². The van der Waals surface area contributed by atoms with Gasteiger partial charge in [-0.1, -0.05) is 32.6 Å². The summed E-state index contributed by atoms with van der Waals surface area (Å²) in [4.78, 5) is 0. The monoisotopic (exact) mass is 261 g/mol. The molecule has 0 aromatic carbocycles. The second kappa shape index (κ2) is 5.66. The van der Waals surface area contributed by atoms with Crippen molar-refractivity contribution in [2.45, 2.75) is 70.4 Å². The lowest BCUT2D eigenvalue weighted by molar-refractivity contribution is 0.340. The van der Waals surface area contributed by atoms with Crippen molar-refractivity contribution >= 4 is 0 Å². The number of rotatable bonds is 4. The zero-order valence-corrected chi connectivity index (χ0v) is 12.1. The van der Waals surface area contributed by atoms with Crippen molar-refractivity contribution in [1.82, 2.24) is 9.78 Å². The topological polar surface area (TPSA) is 43.8 Å². The molecule has 3 rings (SSSR count). The van der Waals surface area contributed by atoms with Crippen molar-refractivity contribution in [1.29, 1.82) is 0 Å². The molecule has 106 valence electrons. The average molecular weight is 261 g/mol. The van der Waals surface area contributed by atoms with Crippen molar-refractivity contribution in [3.8, 4) is 0 Å². The van der Waals surface area contributed by atoms with Gasteiger partial charge in [-0.15, -0.1) is 0 Å². The summed E-state index contributed by atoms with van der Waals surface area (Å²) in [5.74, 6) is 1.50. The third kappa shape index (κ3) is 2.86. The maximum absolute atomic E-state index is 6.41. The molecule has 1 heterocycles. The first-order valence-corrected chi connectivity index (χ1v) is 8.03. The summed E-state index contributed by atoms with van der Waals surface area (Å²) in [6.45, 7) is 2.36. The Hall–Kier alpha value is -0.830. The van der Waals surface area contributed by atoms with Crippen LogP contribution >= 0.6 is 0 Å². The molecule has 2 saturated carbocycles. The summed E-state index contributed by atoms with van der Waals surface area (Å²) in [5.41, 5.74) is 7.61. The smallest absolute Gasteiger partial charge is 0.0640 e. The minimum Gasteiger partial charge on any atom is -0.327 e. The molecule has 2 N–H and O–H groups in total. The lowest BCUT2D eigenvalue weighted by atomic mass is 9.88. The van der Waals surface area contributed by atoms with Gasteiger partial charge in [0.15, 0.2) is 0 Å². The largest absolute Gasteiger partial charge is 0.327 e. The van der Waals surface area contributed by atoms with Crippen LogP contribution in [-0.2, 0) is 6.42 Å². The minimum absolute atomic E-state index is 0.296. The molecule has 1 aromatic heterocycles. The highest BCUT2D eigenvalue weighted by atomic mass is 15.3. The Labute approximate surface area is 116 Å². The van der Waals surface area contributed by atoms with E-state index in [0.717, 1.165) is 12.3 Å². The third-order valence-electron chi connectivity index (χ3n) is 5.28. The lowest BCUT2D eigenvalue weighted by Gasteiger charge is -2.22. The first kappa shape index (κ1) is 13.2. The van der Waals surface area contributed by atoms with E-state index in [1.165, 1.54) is 50.6 Å².